The van der Waals surface area contributed by atoms with E-state index in [1.54, 1.807) is 11.3 Å². The zero-order valence-corrected chi connectivity index (χ0v) is 11.0. The average molecular weight is 371 g/mol. The Balaban J connectivity index is 2.85. The molecule has 0 aliphatic carbocycles. The molecule has 2 aromatic rings. The molecule has 0 amide bonds. The fourth-order valence-electron chi connectivity index (χ4n) is 1.22. The molecule has 0 nitrogen and oxygen atoms in total. The predicted molar refractivity (Wildman–Crippen MR) is 67.1 cm³/mol. The van der Waals surface area contributed by atoms with Gasteiger partial charge in [-0.3, -0.25) is 0 Å². The van der Waals surface area contributed by atoms with E-state index in [1.165, 1.54) is 0 Å². The van der Waals surface area contributed by atoms with Crippen LogP contribution in [0.2, 0.25) is 0 Å². The summed E-state index contributed by atoms with van der Waals surface area (Å²) in [5, 5.41) is 3.24. The van der Waals surface area contributed by atoms with Crippen LogP contribution < -0.4 is 0 Å². The van der Waals surface area contributed by atoms with Crippen LogP contribution >= 0.6 is 49.9 Å². The van der Waals surface area contributed by atoms with Crippen molar-refractivity contribution >= 4 is 59.9 Å². The minimum absolute atomic E-state index is 0.0893. The predicted octanol–water partition coefficient (Wildman–Crippen LogP) is 4.54. The molecule has 2 rings (SSSR count). The van der Waals surface area contributed by atoms with Gasteiger partial charge in [-0.15, -0.1) is 11.3 Å². The number of halogens is 3. The number of fused-ring (bicyclic) bond motifs is 1. The van der Waals surface area contributed by atoms with Gasteiger partial charge in [0.25, 0.3) is 0 Å². The number of hydrogen-bond donors (Lipinski definition) is 0. The Kier molecular flexibility index (Phi) is 2.90. The lowest BCUT2D eigenvalue weighted by Crippen LogP contribution is -1.88. The molecule has 0 atom stereocenters. The Morgan fingerprint density at radius 3 is 3.00 bits per heavy atom. The van der Waals surface area contributed by atoms with Crippen LogP contribution in [0, 0.1) is 9.39 Å². The van der Waals surface area contributed by atoms with E-state index < -0.39 is 0 Å². The van der Waals surface area contributed by atoms with Gasteiger partial charge in [0.05, 0.1) is 4.70 Å². The van der Waals surface area contributed by atoms with Crippen LogP contribution in [0.1, 0.15) is 5.56 Å². The molecule has 1 heterocycles. The second-order valence-corrected chi connectivity index (χ2v) is 5.27. The van der Waals surface area contributed by atoms with Gasteiger partial charge >= 0.3 is 0 Å². The summed E-state index contributed by atoms with van der Waals surface area (Å²) in [5.74, 6) is -0.0893. The van der Waals surface area contributed by atoms with Crippen molar-refractivity contribution in [2.24, 2.45) is 0 Å². The number of thiophene rings is 1. The van der Waals surface area contributed by atoms with Crippen molar-refractivity contribution in [1.29, 1.82) is 0 Å². The van der Waals surface area contributed by atoms with Crippen molar-refractivity contribution < 1.29 is 4.39 Å². The largest absolute Gasteiger partial charge is 0.206 e. The van der Waals surface area contributed by atoms with Crippen molar-refractivity contribution in [3.8, 4) is 0 Å². The summed E-state index contributed by atoms with van der Waals surface area (Å²) in [6.07, 6.45) is 0. The smallest absolute Gasteiger partial charge is 0.135 e. The lowest BCUT2D eigenvalue weighted by Gasteiger charge is -2.01. The Labute approximate surface area is 101 Å². The zero-order chi connectivity index (χ0) is 9.42. The van der Waals surface area contributed by atoms with E-state index in [1.807, 2.05) is 17.5 Å². The maximum absolute atomic E-state index is 13.7. The lowest BCUT2D eigenvalue weighted by molar-refractivity contribution is 0.630. The first-order chi connectivity index (χ1) is 6.24. The first-order valence-corrected chi connectivity index (χ1v) is 6.72. The van der Waals surface area contributed by atoms with Crippen LogP contribution in [0.15, 0.2) is 17.5 Å². The minimum atomic E-state index is -0.0893. The van der Waals surface area contributed by atoms with Crippen LogP contribution in [0.5, 0.6) is 0 Å². The van der Waals surface area contributed by atoms with Crippen LogP contribution in [-0.4, -0.2) is 0 Å². The van der Waals surface area contributed by atoms with Gasteiger partial charge in [0.2, 0.25) is 0 Å². The molecule has 0 saturated heterocycles. The molecule has 4 heteroatoms. The molecule has 0 N–H and O–H groups in total. The third kappa shape index (κ3) is 1.64. The van der Waals surface area contributed by atoms with Gasteiger partial charge in [0.15, 0.2) is 0 Å². The highest BCUT2D eigenvalue weighted by atomic mass is 127. The van der Waals surface area contributed by atoms with E-state index >= 15 is 0 Å². The third-order valence-corrected chi connectivity index (χ3v) is 4.61. The number of rotatable bonds is 1. The molecule has 0 unspecified atom stereocenters. The van der Waals surface area contributed by atoms with Crippen molar-refractivity contribution in [3.63, 3.8) is 0 Å². The number of alkyl halides is 1. The van der Waals surface area contributed by atoms with Crippen molar-refractivity contribution in [1.82, 2.24) is 0 Å². The van der Waals surface area contributed by atoms with Crippen LogP contribution in [0.25, 0.3) is 10.1 Å². The summed E-state index contributed by atoms with van der Waals surface area (Å²) < 4.78 is 15.8. The topological polar surface area (TPSA) is 0 Å². The molecule has 0 fully saturated rings. The monoisotopic (exact) mass is 370 g/mol. The Morgan fingerprint density at radius 2 is 2.31 bits per heavy atom. The fourth-order valence-corrected chi connectivity index (χ4v) is 3.47. The van der Waals surface area contributed by atoms with E-state index in [0.717, 1.165) is 19.2 Å². The molecule has 0 radical (unpaired) electrons. The third-order valence-electron chi connectivity index (χ3n) is 1.85. The van der Waals surface area contributed by atoms with E-state index in [4.69, 9.17) is 0 Å². The molecular formula is C9H5BrFIS. The fraction of sp³-hybridized carbons (Fsp3) is 0.111. The first-order valence-electron chi connectivity index (χ1n) is 3.64. The molecule has 68 valence electrons. The Bertz CT molecular complexity index is 452. The van der Waals surface area contributed by atoms with Crippen molar-refractivity contribution in [3.05, 3.63) is 32.5 Å². The first kappa shape index (κ1) is 9.86. The van der Waals surface area contributed by atoms with Crippen molar-refractivity contribution in [2.75, 3.05) is 0 Å². The lowest BCUT2D eigenvalue weighted by atomic mass is 10.2. The van der Waals surface area contributed by atoms with E-state index in [9.17, 15) is 4.39 Å². The standard InChI is InChI=1S/C9H5BrFIS/c10-4-5-3-7(12)9-6(8(5)11)1-2-13-9/h1-3H,4H2. The molecule has 0 aliphatic rings. The summed E-state index contributed by atoms with van der Waals surface area (Å²) in [7, 11) is 0. The highest BCUT2D eigenvalue weighted by Gasteiger charge is 2.10. The Morgan fingerprint density at radius 1 is 1.54 bits per heavy atom. The van der Waals surface area contributed by atoms with Gasteiger partial charge in [-0.05, 0) is 40.1 Å². The van der Waals surface area contributed by atoms with Gasteiger partial charge < -0.3 is 0 Å². The molecule has 0 spiro atoms. The molecule has 1 aromatic carbocycles. The number of benzene rings is 1. The van der Waals surface area contributed by atoms with E-state index in [-0.39, 0.29) is 5.82 Å². The molecule has 0 aliphatic heterocycles. The summed E-state index contributed by atoms with van der Waals surface area (Å²) in [4.78, 5) is 0. The average Bonchev–Trinajstić information content (AvgIpc) is 2.60. The summed E-state index contributed by atoms with van der Waals surface area (Å²) in [6, 6.07) is 3.73. The summed E-state index contributed by atoms with van der Waals surface area (Å²) in [5.41, 5.74) is 0.732. The quantitative estimate of drug-likeness (QED) is 0.510. The highest BCUT2D eigenvalue weighted by Crippen LogP contribution is 2.31. The maximum atomic E-state index is 13.7. The van der Waals surface area contributed by atoms with Gasteiger partial charge in [0.1, 0.15) is 5.82 Å². The summed E-state index contributed by atoms with van der Waals surface area (Å²) >= 11 is 7.10. The normalized spacial score (nSPS) is 11.0. The Hall–Kier alpha value is 0.320. The highest BCUT2D eigenvalue weighted by molar-refractivity contribution is 14.1. The van der Waals surface area contributed by atoms with Gasteiger partial charge in [-0.1, -0.05) is 15.9 Å². The van der Waals surface area contributed by atoms with Gasteiger partial charge in [-0.25, -0.2) is 4.39 Å². The molecule has 13 heavy (non-hydrogen) atoms. The molecule has 1 aromatic heterocycles. The van der Waals surface area contributed by atoms with Gasteiger partial charge in [-0.2, -0.15) is 0 Å². The summed E-state index contributed by atoms with van der Waals surface area (Å²) in [6.45, 7) is 0. The van der Waals surface area contributed by atoms with Gasteiger partial charge in [0, 0.05) is 19.8 Å². The van der Waals surface area contributed by atoms with E-state index in [2.05, 4.69) is 38.5 Å². The second-order valence-electron chi connectivity index (χ2n) is 2.63. The zero-order valence-electron chi connectivity index (χ0n) is 6.48. The van der Waals surface area contributed by atoms with Crippen LogP contribution in [-0.2, 0) is 5.33 Å². The SMILES string of the molecule is Fc1c(CBr)cc(I)c2sccc12. The maximum Gasteiger partial charge on any atom is 0.135 e. The number of hydrogen-bond acceptors (Lipinski definition) is 1. The molecule has 0 bridgehead atoms. The molecule has 0 saturated carbocycles. The van der Waals surface area contributed by atoms with Crippen LogP contribution in [0.3, 0.4) is 0 Å². The van der Waals surface area contributed by atoms with E-state index in [0.29, 0.717) is 5.33 Å². The molecular weight excluding hydrogens is 366 g/mol. The van der Waals surface area contributed by atoms with Crippen LogP contribution in [0.4, 0.5) is 4.39 Å². The van der Waals surface area contributed by atoms with Crippen molar-refractivity contribution in [2.45, 2.75) is 5.33 Å². The minimum Gasteiger partial charge on any atom is -0.206 e. The second kappa shape index (κ2) is 3.82.